The van der Waals surface area contributed by atoms with Crippen LogP contribution < -0.4 is 51.4 Å². The van der Waals surface area contributed by atoms with Gasteiger partial charge in [-0.15, -0.1) is 0 Å². The zero-order valence-electron chi connectivity index (χ0n) is 17.5. The smallest absolute Gasteiger partial charge is 0.748 e. The second kappa shape index (κ2) is 19.8. The van der Waals surface area contributed by atoms with Crippen LogP contribution in [0, 0.1) is 0 Å². The molecule has 0 aromatic heterocycles. The van der Waals surface area contributed by atoms with Crippen molar-refractivity contribution in [2.45, 2.75) is 128 Å². The summed E-state index contributed by atoms with van der Waals surface area (Å²) < 4.78 is 34.3. The predicted octanol–water partition coefficient (Wildman–Crippen LogP) is 2.55. The molecule has 0 saturated heterocycles. The SMILES string of the molecule is CCCCCCCCC(CCCC(O)CCCCCCC)S(=O)(=O)[O-].[K+]. The van der Waals surface area contributed by atoms with Gasteiger partial charge in [0.2, 0.25) is 0 Å². The molecule has 0 aromatic carbocycles. The van der Waals surface area contributed by atoms with Crippen LogP contribution in [0.4, 0.5) is 0 Å². The van der Waals surface area contributed by atoms with Gasteiger partial charge in [-0.25, -0.2) is 8.42 Å². The molecule has 0 aliphatic carbocycles. The molecule has 1 N–H and O–H groups in total. The van der Waals surface area contributed by atoms with Gasteiger partial charge in [0.25, 0.3) is 0 Å². The van der Waals surface area contributed by atoms with E-state index in [2.05, 4.69) is 13.8 Å². The Morgan fingerprint density at radius 3 is 1.58 bits per heavy atom. The van der Waals surface area contributed by atoms with E-state index in [1.54, 1.807) is 0 Å². The van der Waals surface area contributed by atoms with Crippen LogP contribution in [0.1, 0.15) is 117 Å². The molecule has 0 bridgehead atoms. The molecule has 0 radical (unpaired) electrons. The van der Waals surface area contributed by atoms with Crippen molar-refractivity contribution in [3.63, 3.8) is 0 Å². The van der Waals surface area contributed by atoms with Gasteiger partial charge in [0.05, 0.1) is 16.2 Å². The van der Waals surface area contributed by atoms with Crippen molar-refractivity contribution in [3.8, 4) is 0 Å². The van der Waals surface area contributed by atoms with E-state index in [1.807, 2.05) is 0 Å². The maximum Gasteiger partial charge on any atom is 1.00 e. The summed E-state index contributed by atoms with van der Waals surface area (Å²) in [4.78, 5) is 0. The molecule has 0 aromatic rings. The molecule has 4 nitrogen and oxygen atoms in total. The van der Waals surface area contributed by atoms with Crippen LogP contribution in [0.25, 0.3) is 0 Å². The molecule has 26 heavy (non-hydrogen) atoms. The maximum atomic E-state index is 11.4. The average molecular weight is 417 g/mol. The zero-order chi connectivity index (χ0) is 19.0. The van der Waals surface area contributed by atoms with Crippen LogP contribution in [-0.2, 0) is 10.1 Å². The van der Waals surface area contributed by atoms with Crippen LogP contribution >= 0.6 is 0 Å². The first-order chi connectivity index (χ1) is 11.9. The molecule has 0 aliphatic rings. The van der Waals surface area contributed by atoms with Crippen molar-refractivity contribution in [1.82, 2.24) is 0 Å². The van der Waals surface area contributed by atoms with Crippen LogP contribution in [0.2, 0.25) is 0 Å². The van der Waals surface area contributed by atoms with Gasteiger partial charge in [-0.05, 0) is 32.1 Å². The minimum absolute atomic E-state index is 0. The van der Waals surface area contributed by atoms with E-state index in [9.17, 15) is 18.1 Å². The van der Waals surface area contributed by atoms with E-state index < -0.39 is 15.4 Å². The summed E-state index contributed by atoms with van der Waals surface area (Å²) in [5, 5.41) is 9.22. The third-order valence-electron chi connectivity index (χ3n) is 4.99. The standard InChI is InChI=1S/C20H42O4S.K/c1-3-5-7-9-11-13-17-20(25(22,23)24)18-14-16-19(21)15-12-10-8-6-4-2;/h19-21H,3-18H2,1-2H3,(H,22,23,24);/q;+1/p-1. The summed E-state index contributed by atoms with van der Waals surface area (Å²) in [7, 11) is -4.22. The summed E-state index contributed by atoms with van der Waals surface area (Å²) in [6, 6.07) is 0. The number of aliphatic hydroxyl groups excluding tert-OH is 1. The fourth-order valence-corrected chi connectivity index (χ4v) is 4.21. The molecule has 0 amide bonds. The topological polar surface area (TPSA) is 77.4 Å². The summed E-state index contributed by atoms with van der Waals surface area (Å²) in [6.45, 7) is 4.35. The molecule has 152 valence electrons. The maximum absolute atomic E-state index is 11.4. The number of hydrogen-bond acceptors (Lipinski definition) is 4. The Hall–Kier alpha value is 1.51. The molecule has 0 spiro atoms. The van der Waals surface area contributed by atoms with Gasteiger partial charge in [0.1, 0.15) is 0 Å². The number of rotatable bonds is 18. The van der Waals surface area contributed by atoms with E-state index in [1.165, 1.54) is 38.5 Å². The van der Waals surface area contributed by atoms with Crippen molar-refractivity contribution >= 4 is 10.1 Å². The second-order valence-electron chi connectivity index (χ2n) is 7.46. The molecule has 0 saturated carbocycles. The minimum Gasteiger partial charge on any atom is -0.748 e. The largest absolute Gasteiger partial charge is 1.00 e. The molecule has 0 heterocycles. The van der Waals surface area contributed by atoms with Crippen molar-refractivity contribution in [2.75, 3.05) is 0 Å². The fraction of sp³-hybridized carbons (Fsp3) is 1.00. The van der Waals surface area contributed by atoms with Gasteiger partial charge >= 0.3 is 51.4 Å². The molecule has 0 fully saturated rings. The number of unbranched alkanes of at least 4 members (excludes halogenated alkanes) is 9. The van der Waals surface area contributed by atoms with Gasteiger partial charge in [-0.2, -0.15) is 0 Å². The third-order valence-corrected chi connectivity index (χ3v) is 6.28. The molecular formula is C20H41KO4S. The fourth-order valence-electron chi connectivity index (χ4n) is 3.29. The number of hydrogen-bond donors (Lipinski definition) is 1. The minimum atomic E-state index is -4.22. The normalized spacial score (nSPS) is 14.0. The van der Waals surface area contributed by atoms with E-state index in [0.29, 0.717) is 25.7 Å². The monoisotopic (exact) mass is 416 g/mol. The van der Waals surface area contributed by atoms with E-state index in [-0.39, 0.29) is 57.5 Å². The van der Waals surface area contributed by atoms with Crippen molar-refractivity contribution < 1.29 is 69.5 Å². The Morgan fingerprint density at radius 2 is 1.08 bits per heavy atom. The first-order valence-corrected chi connectivity index (χ1v) is 12.0. The first kappa shape index (κ1) is 29.7. The van der Waals surface area contributed by atoms with Crippen molar-refractivity contribution in [3.05, 3.63) is 0 Å². The first-order valence-electron chi connectivity index (χ1n) is 10.5. The van der Waals surface area contributed by atoms with Gasteiger partial charge in [0.15, 0.2) is 0 Å². The third kappa shape index (κ3) is 18.9. The summed E-state index contributed by atoms with van der Waals surface area (Å²) >= 11 is 0. The quantitative estimate of drug-likeness (QED) is 0.212. The summed E-state index contributed by atoms with van der Waals surface area (Å²) in [5.41, 5.74) is 0. The van der Waals surface area contributed by atoms with Gasteiger partial charge in [-0.1, -0.05) is 84.5 Å². The Bertz CT molecular complexity index is 387. The molecule has 0 rings (SSSR count). The Morgan fingerprint density at radius 1 is 0.692 bits per heavy atom. The summed E-state index contributed by atoms with van der Waals surface area (Å²) in [6.07, 6.45) is 14.9. The average Bonchev–Trinajstić information content (AvgIpc) is 2.55. The molecule has 2 unspecified atom stereocenters. The zero-order valence-corrected chi connectivity index (χ0v) is 21.5. The van der Waals surface area contributed by atoms with Crippen molar-refractivity contribution in [1.29, 1.82) is 0 Å². The molecule has 6 heteroatoms. The predicted molar refractivity (Wildman–Crippen MR) is 105 cm³/mol. The molecular weight excluding hydrogens is 375 g/mol. The molecule has 0 aliphatic heterocycles. The van der Waals surface area contributed by atoms with Crippen LogP contribution in [0.3, 0.4) is 0 Å². The van der Waals surface area contributed by atoms with E-state index in [4.69, 9.17) is 0 Å². The van der Waals surface area contributed by atoms with E-state index >= 15 is 0 Å². The van der Waals surface area contributed by atoms with Crippen LogP contribution in [0.15, 0.2) is 0 Å². The number of aliphatic hydroxyl groups is 1. The summed E-state index contributed by atoms with van der Waals surface area (Å²) in [5.74, 6) is 0. The van der Waals surface area contributed by atoms with E-state index in [0.717, 1.165) is 38.5 Å². The van der Waals surface area contributed by atoms with Gasteiger partial charge in [-0.3, -0.25) is 0 Å². The van der Waals surface area contributed by atoms with Crippen molar-refractivity contribution in [2.24, 2.45) is 0 Å². The van der Waals surface area contributed by atoms with Crippen LogP contribution in [0.5, 0.6) is 0 Å². The van der Waals surface area contributed by atoms with Crippen LogP contribution in [-0.4, -0.2) is 29.4 Å². The molecule has 2 atom stereocenters. The van der Waals surface area contributed by atoms with Gasteiger partial charge in [0, 0.05) is 5.25 Å². The Labute approximate surface area is 205 Å². The van der Waals surface area contributed by atoms with Gasteiger partial charge < -0.3 is 9.66 Å². The Balaban J connectivity index is 0. The Kier molecular flexibility index (Phi) is 22.6. The second-order valence-corrected chi connectivity index (χ2v) is 9.11.